The van der Waals surface area contributed by atoms with E-state index in [9.17, 15) is 18.4 Å². The Bertz CT molecular complexity index is 1080. The molecule has 0 aliphatic heterocycles. The van der Waals surface area contributed by atoms with Crippen LogP contribution in [0, 0.1) is 11.6 Å². The lowest BCUT2D eigenvalue weighted by atomic mass is 10.1. The van der Waals surface area contributed by atoms with Crippen molar-refractivity contribution < 1.29 is 27.8 Å². The Morgan fingerprint density at radius 2 is 1.93 bits per heavy atom. The van der Waals surface area contributed by atoms with Gasteiger partial charge in [-0.15, -0.1) is 11.3 Å². The van der Waals surface area contributed by atoms with Gasteiger partial charge in [0.05, 0.1) is 12.8 Å². The largest absolute Gasteiger partial charge is 0.497 e. The van der Waals surface area contributed by atoms with Gasteiger partial charge in [0.1, 0.15) is 17.4 Å². The lowest BCUT2D eigenvalue weighted by molar-refractivity contribution is -0.142. The maximum absolute atomic E-state index is 13.8. The Balaban J connectivity index is 1.51. The highest BCUT2D eigenvalue weighted by Crippen LogP contribution is 2.27. The summed E-state index contributed by atoms with van der Waals surface area (Å²) in [5, 5.41) is 4.10. The first-order chi connectivity index (χ1) is 14.4. The van der Waals surface area contributed by atoms with Crippen LogP contribution in [0.1, 0.15) is 5.56 Å². The van der Waals surface area contributed by atoms with Crippen LogP contribution in [0.5, 0.6) is 5.75 Å². The van der Waals surface area contributed by atoms with E-state index in [2.05, 4.69) is 10.3 Å². The Hall–Kier alpha value is -3.59. The Labute approximate surface area is 174 Å². The molecule has 0 unspecified atom stereocenters. The molecule has 9 heteroatoms. The number of thiazole rings is 1. The maximum atomic E-state index is 13.8. The minimum Gasteiger partial charge on any atom is -0.497 e. The van der Waals surface area contributed by atoms with Crippen LogP contribution in [0.3, 0.4) is 0 Å². The molecule has 3 rings (SSSR count). The number of carbonyl (C=O) groups excluding carboxylic acids is 2. The summed E-state index contributed by atoms with van der Waals surface area (Å²) in [6.07, 6.45) is 2.74. The van der Waals surface area contributed by atoms with Crippen LogP contribution < -0.4 is 10.1 Å². The summed E-state index contributed by atoms with van der Waals surface area (Å²) in [5.41, 5.74) is 0.936. The monoisotopic (exact) mass is 430 g/mol. The molecule has 0 aliphatic carbocycles. The maximum Gasteiger partial charge on any atom is 0.331 e. The molecule has 0 spiro atoms. The number of carbonyl (C=O) groups is 2. The van der Waals surface area contributed by atoms with Crippen LogP contribution in [-0.4, -0.2) is 30.6 Å². The number of nitrogens with zero attached hydrogens (tertiary/aromatic N) is 1. The summed E-state index contributed by atoms with van der Waals surface area (Å²) in [6, 6.07) is 10.0. The number of ether oxygens (including phenoxy) is 2. The second kappa shape index (κ2) is 9.75. The molecule has 0 bridgehead atoms. The molecule has 0 atom stereocenters. The van der Waals surface area contributed by atoms with Crippen LogP contribution in [0.4, 0.5) is 13.9 Å². The lowest BCUT2D eigenvalue weighted by Gasteiger charge is -2.03. The molecule has 1 N–H and O–H groups in total. The number of benzene rings is 2. The number of methoxy groups -OCH3 is 1. The first kappa shape index (κ1) is 21.1. The molecule has 0 aliphatic rings. The molecule has 1 amide bonds. The summed E-state index contributed by atoms with van der Waals surface area (Å²) in [5.74, 6) is -1.84. The second-order valence-corrected chi connectivity index (χ2v) is 6.78. The van der Waals surface area contributed by atoms with Crippen molar-refractivity contribution in [2.45, 2.75) is 0 Å². The van der Waals surface area contributed by atoms with Crippen LogP contribution in [0.2, 0.25) is 0 Å². The molecular formula is C21H16F2N2O4S. The number of esters is 1. The summed E-state index contributed by atoms with van der Waals surface area (Å²) >= 11 is 1.04. The van der Waals surface area contributed by atoms with Gasteiger partial charge in [0, 0.05) is 17.0 Å². The second-order valence-electron chi connectivity index (χ2n) is 5.92. The van der Waals surface area contributed by atoms with E-state index in [4.69, 9.17) is 9.47 Å². The summed E-state index contributed by atoms with van der Waals surface area (Å²) in [7, 11) is 1.56. The Kier molecular flexibility index (Phi) is 6.87. The third-order valence-electron chi connectivity index (χ3n) is 3.83. The molecule has 0 radical (unpaired) electrons. The average molecular weight is 430 g/mol. The number of hydrogen-bond donors (Lipinski definition) is 1. The molecular weight excluding hydrogens is 414 g/mol. The summed E-state index contributed by atoms with van der Waals surface area (Å²) in [6.45, 7) is -0.519. The van der Waals surface area contributed by atoms with Crippen molar-refractivity contribution in [1.29, 1.82) is 0 Å². The highest BCUT2D eigenvalue weighted by atomic mass is 32.1. The SMILES string of the molecule is COc1ccc(/C=C/C(=O)OCC(=O)Nc2nc(-c3cc(F)ccc3F)cs2)cc1. The number of anilines is 1. The summed E-state index contributed by atoms with van der Waals surface area (Å²) < 4.78 is 37.0. The molecule has 3 aromatic rings. The van der Waals surface area contributed by atoms with Gasteiger partial charge in [-0.05, 0) is 42.0 Å². The van der Waals surface area contributed by atoms with Crippen LogP contribution >= 0.6 is 11.3 Å². The van der Waals surface area contributed by atoms with Crippen molar-refractivity contribution in [3.05, 3.63) is 71.1 Å². The van der Waals surface area contributed by atoms with Crippen molar-refractivity contribution in [2.75, 3.05) is 19.0 Å². The number of nitrogens with one attached hydrogen (secondary N) is 1. The number of halogens is 2. The lowest BCUT2D eigenvalue weighted by Crippen LogP contribution is -2.20. The minimum absolute atomic E-state index is 0.0122. The molecule has 0 fully saturated rings. The fourth-order valence-electron chi connectivity index (χ4n) is 2.37. The topological polar surface area (TPSA) is 77.5 Å². The van der Waals surface area contributed by atoms with Crippen molar-refractivity contribution in [3.8, 4) is 17.0 Å². The van der Waals surface area contributed by atoms with Gasteiger partial charge in [0.2, 0.25) is 0 Å². The Morgan fingerprint density at radius 3 is 2.67 bits per heavy atom. The summed E-state index contributed by atoms with van der Waals surface area (Å²) in [4.78, 5) is 27.7. The number of hydrogen-bond acceptors (Lipinski definition) is 6. The van der Waals surface area contributed by atoms with Crippen LogP contribution in [0.25, 0.3) is 17.3 Å². The van der Waals surface area contributed by atoms with E-state index in [-0.39, 0.29) is 16.4 Å². The van der Waals surface area contributed by atoms with E-state index >= 15 is 0 Å². The van der Waals surface area contributed by atoms with E-state index in [1.54, 1.807) is 37.5 Å². The highest BCUT2D eigenvalue weighted by Gasteiger charge is 2.13. The minimum atomic E-state index is -0.692. The molecule has 1 heterocycles. The standard InChI is InChI=1S/C21H16F2N2O4S/c1-28-15-6-2-13(3-7-15)4-9-20(27)29-11-19(26)25-21-24-18(12-30-21)16-10-14(22)5-8-17(16)23/h2-10,12H,11H2,1H3,(H,24,25,26)/b9-4+. The first-order valence-electron chi connectivity index (χ1n) is 8.64. The van der Waals surface area contributed by atoms with E-state index in [0.717, 1.165) is 35.1 Å². The number of aromatic nitrogens is 1. The third-order valence-corrected chi connectivity index (χ3v) is 4.59. The third kappa shape index (κ3) is 5.71. The van der Waals surface area contributed by atoms with Crippen molar-refractivity contribution >= 4 is 34.4 Å². The predicted molar refractivity (Wildman–Crippen MR) is 109 cm³/mol. The average Bonchev–Trinajstić information content (AvgIpc) is 3.21. The van der Waals surface area contributed by atoms with Crippen molar-refractivity contribution in [1.82, 2.24) is 4.98 Å². The smallest absolute Gasteiger partial charge is 0.331 e. The van der Waals surface area contributed by atoms with Gasteiger partial charge in [-0.3, -0.25) is 10.1 Å². The Morgan fingerprint density at radius 1 is 1.17 bits per heavy atom. The number of amides is 1. The zero-order chi connectivity index (χ0) is 21.5. The van der Waals surface area contributed by atoms with Crippen molar-refractivity contribution in [2.24, 2.45) is 0 Å². The quantitative estimate of drug-likeness (QED) is 0.447. The molecule has 6 nitrogen and oxygen atoms in total. The fourth-order valence-corrected chi connectivity index (χ4v) is 3.09. The van der Waals surface area contributed by atoms with E-state index in [1.807, 2.05) is 0 Å². The van der Waals surface area contributed by atoms with E-state index in [0.29, 0.717) is 5.75 Å². The zero-order valence-corrected chi connectivity index (χ0v) is 16.5. The van der Waals surface area contributed by atoms with E-state index in [1.165, 1.54) is 11.5 Å². The van der Waals surface area contributed by atoms with Gasteiger partial charge >= 0.3 is 5.97 Å². The number of rotatable bonds is 7. The van der Waals surface area contributed by atoms with Gasteiger partial charge < -0.3 is 9.47 Å². The molecule has 1 aromatic heterocycles. The van der Waals surface area contributed by atoms with Gasteiger partial charge in [0.25, 0.3) is 5.91 Å². The first-order valence-corrected chi connectivity index (χ1v) is 9.52. The highest BCUT2D eigenvalue weighted by molar-refractivity contribution is 7.14. The molecule has 2 aromatic carbocycles. The van der Waals surface area contributed by atoms with Crippen LogP contribution in [0.15, 0.2) is 53.9 Å². The van der Waals surface area contributed by atoms with Crippen LogP contribution in [-0.2, 0) is 14.3 Å². The fraction of sp³-hybridized carbons (Fsp3) is 0.0952. The van der Waals surface area contributed by atoms with Gasteiger partial charge in [-0.25, -0.2) is 18.6 Å². The molecule has 30 heavy (non-hydrogen) atoms. The molecule has 154 valence electrons. The zero-order valence-electron chi connectivity index (χ0n) is 15.7. The van der Waals surface area contributed by atoms with Gasteiger partial charge in [0.15, 0.2) is 11.7 Å². The predicted octanol–water partition coefficient (Wildman–Crippen LogP) is 4.29. The molecule has 0 saturated carbocycles. The molecule has 0 saturated heterocycles. The normalized spacial score (nSPS) is 10.8. The van der Waals surface area contributed by atoms with Gasteiger partial charge in [-0.2, -0.15) is 0 Å². The van der Waals surface area contributed by atoms with E-state index < -0.39 is 30.1 Å². The van der Waals surface area contributed by atoms with Gasteiger partial charge in [-0.1, -0.05) is 12.1 Å². The van der Waals surface area contributed by atoms with Crippen molar-refractivity contribution in [3.63, 3.8) is 0 Å².